The van der Waals surface area contributed by atoms with Gasteiger partial charge in [-0.1, -0.05) is 84.9 Å². The van der Waals surface area contributed by atoms with Gasteiger partial charge in [-0.15, -0.1) is 0 Å². The first-order valence-electron chi connectivity index (χ1n) is 23.9. The van der Waals surface area contributed by atoms with Crippen molar-refractivity contribution < 1.29 is 8.78 Å². The van der Waals surface area contributed by atoms with Gasteiger partial charge in [-0.05, 0) is 191 Å². The van der Waals surface area contributed by atoms with E-state index in [0.717, 1.165) is 112 Å². The van der Waals surface area contributed by atoms with E-state index >= 15 is 0 Å². The van der Waals surface area contributed by atoms with Crippen LogP contribution in [0.3, 0.4) is 0 Å². The van der Waals surface area contributed by atoms with Crippen LogP contribution in [-0.2, 0) is 0 Å². The molecule has 2 heterocycles. The number of nitrogens with zero attached hydrogens (tertiary/aromatic N) is 6. The number of fused-ring (bicyclic) bond motifs is 5. The third kappa shape index (κ3) is 7.59. The number of imidazole rings is 2. The van der Waals surface area contributed by atoms with Crippen LogP contribution < -0.4 is 9.80 Å². The van der Waals surface area contributed by atoms with Gasteiger partial charge < -0.3 is 9.80 Å². The van der Waals surface area contributed by atoms with Crippen molar-refractivity contribution in [1.29, 1.82) is 0 Å². The van der Waals surface area contributed by atoms with Crippen molar-refractivity contribution in [3.8, 4) is 34.2 Å². The smallest absolute Gasteiger partial charge is 0.145 e. The van der Waals surface area contributed by atoms with Gasteiger partial charge in [-0.25, -0.2) is 18.7 Å². The van der Waals surface area contributed by atoms with E-state index in [-0.39, 0.29) is 11.6 Å². The highest BCUT2D eigenvalue weighted by Gasteiger charge is 2.20. The van der Waals surface area contributed by atoms with E-state index in [1.165, 1.54) is 24.3 Å². The molecule has 0 aliphatic heterocycles. The zero-order chi connectivity index (χ0) is 48.1. The minimum Gasteiger partial charge on any atom is -0.310 e. The zero-order valence-electron chi connectivity index (χ0n) is 38.7. The molecule has 0 spiro atoms. The van der Waals surface area contributed by atoms with Crippen LogP contribution in [-0.4, -0.2) is 19.1 Å². The number of benzene rings is 11. The molecule has 0 saturated heterocycles. The normalized spacial score (nSPS) is 11.5. The van der Waals surface area contributed by atoms with Crippen molar-refractivity contribution in [2.45, 2.75) is 0 Å². The minimum atomic E-state index is -0.297. The number of rotatable bonds is 10. The lowest BCUT2D eigenvalue weighted by Gasteiger charge is -2.27. The molecule has 0 saturated carbocycles. The Balaban J connectivity index is 0.860. The maximum atomic E-state index is 14.4. The average Bonchev–Trinajstić information content (AvgIpc) is 4.03. The predicted molar refractivity (Wildman–Crippen MR) is 291 cm³/mol. The summed E-state index contributed by atoms with van der Waals surface area (Å²) in [6.07, 6.45) is 0. The first kappa shape index (κ1) is 42.4. The van der Waals surface area contributed by atoms with Crippen LogP contribution in [0.2, 0.25) is 0 Å². The summed E-state index contributed by atoms with van der Waals surface area (Å²) in [7, 11) is 0. The molecule has 0 bridgehead atoms. The van der Waals surface area contributed by atoms with Gasteiger partial charge in [0.25, 0.3) is 0 Å². The second kappa shape index (κ2) is 17.7. The van der Waals surface area contributed by atoms with Crippen LogP contribution in [0.5, 0.6) is 0 Å². The third-order valence-electron chi connectivity index (χ3n) is 13.4. The molecule has 0 atom stereocenters. The fourth-order valence-electron chi connectivity index (χ4n) is 10.0. The Hall–Kier alpha value is -9.66. The average molecular weight is 933 g/mol. The Morgan fingerprint density at radius 3 is 1.03 bits per heavy atom. The van der Waals surface area contributed by atoms with Gasteiger partial charge in [0.15, 0.2) is 0 Å². The minimum absolute atomic E-state index is 0.297. The summed E-state index contributed by atoms with van der Waals surface area (Å²) in [5, 5.41) is 4.30. The molecule has 2 aromatic heterocycles. The van der Waals surface area contributed by atoms with Crippen LogP contribution in [0, 0.1) is 11.6 Å². The van der Waals surface area contributed by atoms with E-state index in [1.807, 2.05) is 97.1 Å². The number of para-hydroxylation sites is 6. The molecule has 0 aliphatic carbocycles. The first-order chi connectivity index (χ1) is 35.5. The van der Waals surface area contributed by atoms with Gasteiger partial charge in [-0.2, -0.15) is 0 Å². The molecule has 0 radical (unpaired) electrons. The topological polar surface area (TPSA) is 42.1 Å². The highest BCUT2D eigenvalue weighted by molar-refractivity contribution is 6.10. The molecule has 0 aliphatic rings. The maximum absolute atomic E-state index is 14.4. The Morgan fingerprint density at radius 2 is 0.639 bits per heavy atom. The molecular weight excluding hydrogens is 891 g/mol. The molecule has 0 fully saturated rings. The molecule has 0 amide bonds. The predicted octanol–water partition coefficient (Wildman–Crippen LogP) is 17.2. The number of aromatic nitrogens is 4. The van der Waals surface area contributed by atoms with Gasteiger partial charge in [0, 0.05) is 56.6 Å². The second-order valence-corrected chi connectivity index (χ2v) is 17.8. The van der Waals surface area contributed by atoms with Crippen LogP contribution in [0.15, 0.2) is 255 Å². The summed E-state index contributed by atoms with van der Waals surface area (Å²) in [5.74, 6) is 1.10. The van der Waals surface area contributed by atoms with E-state index in [1.54, 1.807) is 0 Å². The van der Waals surface area contributed by atoms with Crippen molar-refractivity contribution >= 4 is 77.7 Å². The fourth-order valence-corrected chi connectivity index (χ4v) is 10.0. The number of hydrogen-bond acceptors (Lipinski definition) is 4. The van der Waals surface area contributed by atoms with Crippen LogP contribution >= 0.6 is 0 Å². The highest BCUT2D eigenvalue weighted by atomic mass is 19.1. The number of hydrogen-bond donors (Lipinski definition) is 0. The van der Waals surface area contributed by atoms with E-state index in [2.05, 4.69) is 152 Å². The van der Waals surface area contributed by atoms with Crippen molar-refractivity contribution in [2.24, 2.45) is 0 Å². The van der Waals surface area contributed by atoms with Crippen molar-refractivity contribution in [1.82, 2.24) is 19.1 Å². The summed E-state index contributed by atoms with van der Waals surface area (Å²) in [6, 6.07) is 84.3. The summed E-state index contributed by atoms with van der Waals surface area (Å²) in [4.78, 5) is 14.5. The fraction of sp³-hybridized carbons (Fsp3) is 0. The third-order valence-corrected chi connectivity index (χ3v) is 13.4. The SMILES string of the molecule is Fc1ccc(N(c2ccc(-c3nc4ccccc4n3-c3ccccc3)cc2)c2ccc3c(ccc4cc(N(c5ccc(F)cc5)c5ccc(-c6nc7ccccc7n6-c6ccccc6)cc5)ccc43)c2)cc1. The van der Waals surface area contributed by atoms with E-state index < -0.39 is 0 Å². The number of halogens is 2. The molecular formula is C64H42F2N6. The monoisotopic (exact) mass is 932 g/mol. The van der Waals surface area contributed by atoms with Crippen molar-refractivity contribution in [3.63, 3.8) is 0 Å². The quantitative estimate of drug-likeness (QED) is 0.128. The molecule has 6 nitrogen and oxygen atoms in total. The largest absolute Gasteiger partial charge is 0.310 e. The van der Waals surface area contributed by atoms with Gasteiger partial charge in [0.2, 0.25) is 0 Å². The number of anilines is 6. The molecule has 72 heavy (non-hydrogen) atoms. The van der Waals surface area contributed by atoms with Crippen molar-refractivity contribution in [3.05, 3.63) is 266 Å². The van der Waals surface area contributed by atoms with E-state index in [9.17, 15) is 8.78 Å². The van der Waals surface area contributed by atoms with E-state index in [0.29, 0.717) is 0 Å². The summed E-state index contributed by atoms with van der Waals surface area (Å²) < 4.78 is 33.3. The Kier molecular flexibility index (Phi) is 10.4. The summed E-state index contributed by atoms with van der Waals surface area (Å²) in [5.41, 5.74) is 13.3. The first-order valence-corrected chi connectivity index (χ1v) is 23.9. The lowest BCUT2D eigenvalue weighted by molar-refractivity contribution is 0.627. The lowest BCUT2D eigenvalue weighted by atomic mass is 10.00. The van der Waals surface area contributed by atoms with Gasteiger partial charge in [-0.3, -0.25) is 9.13 Å². The van der Waals surface area contributed by atoms with E-state index in [4.69, 9.17) is 9.97 Å². The standard InChI is InChI=1S/C64H42F2N6/c65-47-25-33-53(34-26-47)69(51-29-21-43(22-30-51)63-67-59-15-7-9-17-61(59)71(63)49-11-3-1-4-12-49)55-37-39-57-45(41-55)19-20-46-42-56(38-40-58(46)57)70(54-35-27-48(66)28-36-54)52-31-23-44(24-32-52)64-68-60-16-8-10-18-62(60)72(64)50-13-5-2-6-14-50/h1-42H. The van der Waals surface area contributed by atoms with Crippen LogP contribution in [0.25, 0.3) is 77.8 Å². The summed E-state index contributed by atoms with van der Waals surface area (Å²) in [6.45, 7) is 0. The molecule has 342 valence electrons. The van der Waals surface area contributed by atoms with Gasteiger partial charge >= 0.3 is 0 Å². The van der Waals surface area contributed by atoms with Crippen molar-refractivity contribution in [2.75, 3.05) is 9.80 Å². The van der Waals surface area contributed by atoms with Gasteiger partial charge in [0.05, 0.1) is 22.1 Å². The Labute approximate surface area is 414 Å². The molecule has 11 aromatic carbocycles. The maximum Gasteiger partial charge on any atom is 0.145 e. The summed E-state index contributed by atoms with van der Waals surface area (Å²) >= 11 is 0. The van der Waals surface area contributed by atoms with Crippen LogP contribution in [0.1, 0.15) is 0 Å². The highest BCUT2D eigenvalue weighted by Crippen LogP contribution is 2.42. The second-order valence-electron chi connectivity index (χ2n) is 17.8. The lowest BCUT2D eigenvalue weighted by Crippen LogP contribution is -2.10. The molecule has 13 aromatic rings. The molecule has 13 rings (SSSR count). The molecule has 0 unspecified atom stereocenters. The Morgan fingerprint density at radius 1 is 0.306 bits per heavy atom. The van der Waals surface area contributed by atoms with Gasteiger partial charge in [0.1, 0.15) is 23.3 Å². The Bertz CT molecular complexity index is 3830. The van der Waals surface area contributed by atoms with Crippen LogP contribution in [0.4, 0.5) is 42.9 Å². The molecule has 8 heteroatoms. The molecule has 0 N–H and O–H groups in total. The zero-order valence-corrected chi connectivity index (χ0v) is 38.7.